The molecular formula is C29H38N4O5. The molecule has 0 aromatic heterocycles. The average molecular weight is 523 g/mol. The van der Waals surface area contributed by atoms with Gasteiger partial charge in [-0.05, 0) is 62.7 Å². The van der Waals surface area contributed by atoms with Crippen LogP contribution >= 0.6 is 0 Å². The Hall–Kier alpha value is -3.43. The smallest absolute Gasteiger partial charge is 0.254 e. The first-order valence-electron chi connectivity index (χ1n) is 13.2. The third-order valence-electron chi connectivity index (χ3n) is 7.35. The molecule has 204 valence electrons. The van der Waals surface area contributed by atoms with Gasteiger partial charge in [0, 0.05) is 51.0 Å². The van der Waals surface area contributed by atoms with Gasteiger partial charge in [-0.2, -0.15) is 0 Å². The molecule has 0 spiro atoms. The van der Waals surface area contributed by atoms with E-state index in [4.69, 9.17) is 9.47 Å². The molecule has 2 heterocycles. The molecule has 0 saturated carbocycles. The molecule has 2 aromatic rings. The van der Waals surface area contributed by atoms with E-state index in [1.165, 1.54) is 0 Å². The lowest BCUT2D eigenvalue weighted by Crippen LogP contribution is -2.48. The summed E-state index contributed by atoms with van der Waals surface area (Å²) in [7, 11) is 3.18. The quantitative estimate of drug-likeness (QED) is 0.572. The highest BCUT2D eigenvalue weighted by atomic mass is 16.5. The minimum absolute atomic E-state index is 0.0553. The molecule has 1 N–H and O–H groups in total. The lowest BCUT2D eigenvalue weighted by Gasteiger charge is -2.29. The van der Waals surface area contributed by atoms with Gasteiger partial charge in [0.05, 0.1) is 19.8 Å². The van der Waals surface area contributed by atoms with Gasteiger partial charge in [0.15, 0.2) is 0 Å². The van der Waals surface area contributed by atoms with Crippen LogP contribution in [-0.2, 0) is 9.53 Å². The van der Waals surface area contributed by atoms with Crippen LogP contribution in [0.4, 0.5) is 0 Å². The van der Waals surface area contributed by atoms with Crippen molar-refractivity contribution in [3.63, 3.8) is 0 Å². The molecule has 0 bridgehead atoms. The maximum absolute atomic E-state index is 13.8. The molecule has 9 nitrogen and oxygen atoms in total. The molecule has 2 unspecified atom stereocenters. The monoisotopic (exact) mass is 522 g/mol. The molecule has 38 heavy (non-hydrogen) atoms. The Morgan fingerprint density at radius 3 is 2.37 bits per heavy atom. The number of nitrogens with one attached hydrogen (secondary N) is 1. The average Bonchev–Trinajstić information content (AvgIpc) is 3.19. The predicted molar refractivity (Wildman–Crippen MR) is 144 cm³/mol. The van der Waals surface area contributed by atoms with Crippen LogP contribution in [-0.4, -0.2) is 105 Å². The minimum Gasteiger partial charge on any atom is -0.497 e. The molecule has 2 aromatic carbocycles. The van der Waals surface area contributed by atoms with Crippen molar-refractivity contribution in [1.29, 1.82) is 0 Å². The fourth-order valence-electron chi connectivity index (χ4n) is 5.18. The first-order chi connectivity index (χ1) is 18.4. The van der Waals surface area contributed by atoms with Gasteiger partial charge >= 0.3 is 0 Å². The molecule has 2 saturated heterocycles. The number of hydrogen-bond donors (Lipinski definition) is 1. The summed E-state index contributed by atoms with van der Waals surface area (Å²) >= 11 is 0. The summed E-state index contributed by atoms with van der Waals surface area (Å²) < 4.78 is 10.6. The van der Waals surface area contributed by atoms with Gasteiger partial charge in [-0.1, -0.05) is 17.7 Å². The van der Waals surface area contributed by atoms with Crippen molar-refractivity contribution in [2.45, 2.75) is 31.8 Å². The van der Waals surface area contributed by atoms with Gasteiger partial charge in [0.25, 0.3) is 11.8 Å². The number of hydrogen-bond acceptors (Lipinski definition) is 6. The van der Waals surface area contributed by atoms with Gasteiger partial charge in [0.2, 0.25) is 5.91 Å². The Morgan fingerprint density at radius 1 is 0.974 bits per heavy atom. The first kappa shape index (κ1) is 27.6. The SMILES string of the molecule is COCCN(C(=O)c1ccc(OC)cc1)C1CC(C(=O)N2CCCNCC2)N(C(=O)c2ccc(C)cc2)C1. The molecule has 2 atom stereocenters. The number of carbonyl (C=O) groups is 3. The lowest BCUT2D eigenvalue weighted by atomic mass is 10.1. The van der Waals surface area contributed by atoms with Gasteiger partial charge < -0.3 is 29.5 Å². The molecular weight excluding hydrogens is 484 g/mol. The van der Waals surface area contributed by atoms with Crippen molar-refractivity contribution >= 4 is 17.7 Å². The van der Waals surface area contributed by atoms with Crippen LogP contribution < -0.4 is 10.1 Å². The van der Waals surface area contributed by atoms with Crippen molar-refractivity contribution in [1.82, 2.24) is 20.0 Å². The Bertz CT molecular complexity index is 1100. The zero-order valence-electron chi connectivity index (χ0n) is 22.5. The van der Waals surface area contributed by atoms with Crippen molar-refractivity contribution in [2.75, 3.05) is 60.1 Å². The van der Waals surface area contributed by atoms with E-state index in [2.05, 4.69) is 5.32 Å². The van der Waals surface area contributed by atoms with Crippen LogP contribution in [0.2, 0.25) is 0 Å². The highest BCUT2D eigenvalue weighted by Crippen LogP contribution is 2.28. The summed E-state index contributed by atoms with van der Waals surface area (Å²) in [5, 5.41) is 3.33. The normalized spacial score (nSPS) is 19.7. The van der Waals surface area contributed by atoms with E-state index in [0.29, 0.717) is 49.5 Å². The maximum Gasteiger partial charge on any atom is 0.254 e. The van der Waals surface area contributed by atoms with Crippen LogP contribution in [0.15, 0.2) is 48.5 Å². The minimum atomic E-state index is -0.638. The van der Waals surface area contributed by atoms with Gasteiger partial charge in [-0.25, -0.2) is 0 Å². The zero-order chi connectivity index (χ0) is 27.1. The lowest BCUT2D eigenvalue weighted by molar-refractivity contribution is -0.135. The maximum atomic E-state index is 13.8. The Labute approximate surface area is 224 Å². The number of benzene rings is 2. The van der Waals surface area contributed by atoms with Crippen LogP contribution in [0.1, 0.15) is 39.1 Å². The molecule has 0 radical (unpaired) electrons. The molecule has 3 amide bonds. The molecule has 2 fully saturated rings. The fraction of sp³-hybridized carbons (Fsp3) is 0.483. The second kappa shape index (κ2) is 12.9. The number of carbonyl (C=O) groups excluding carboxylic acids is 3. The summed E-state index contributed by atoms with van der Waals surface area (Å²) in [6.45, 7) is 5.80. The van der Waals surface area contributed by atoms with Gasteiger partial charge in [-0.15, -0.1) is 0 Å². The summed E-state index contributed by atoms with van der Waals surface area (Å²) in [6, 6.07) is 13.4. The van der Waals surface area contributed by atoms with E-state index in [1.807, 2.05) is 24.0 Å². The molecule has 2 aliphatic heterocycles. The molecule has 4 rings (SSSR count). The summed E-state index contributed by atoms with van der Waals surface area (Å²) in [4.78, 5) is 46.5. The van der Waals surface area contributed by atoms with E-state index in [0.717, 1.165) is 25.1 Å². The second-order valence-electron chi connectivity index (χ2n) is 9.88. The van der Waals surface area contributed by atoms with E-state index in [9.17, 15) is 14.4 Å². The Balaban J connectivity index is 1.63. The van der Waals surface area contributed by atoms with Crippen LogP contribution in [0.25, 0.3) is 0 Å². The third kappa shape index (κ3) is 6.34. The van der Waals surface area contributed by atoms with E-state index in [1.54, 1.807) is 60.4 Å². The van der Waals surface area contributed by atoms with Gasteiger partial charge in [-0.3, -0.25) is 14.4 Å². The molecule has 2 aliphatic rings. The second-order valence-corrected chi connectivity index (χ2v) is 9.88. The predicted octanol–water partition coefficient (Wildman–Crippen LogP) is 2.20. The number of amides is 3. The van der Waals surface area contributed by atoms with Gasteiger partial charge in [0.1, 0.15) is 11.8 Å². The van der Waals surface area contributed by atoms with E-state index >= 15 is 0 Å². The summed E-state index contributed by atoms with van der Waals surface area (Å²) in [5.74, 6) is 0.255. The number of likely N-dealkylation sites (tertiary alicyclic amines) is 1. The number of nitrogens with zero attached hydrogens (tertiary/aromatic N) is 3. The number of rotatable bonds is 8. The van der Waals surface area contributed by atoms with Crippen molar-refractivity contribution in [2.24, 2.45) is 0 Å². The molecule has 0 aliphatic carbocycles. The summed E-state index contributed by atoms with van der Waals surface area (Å²) in [6.07, 6.45) is 1.25. The first-order valence-corrected chi connectivity index (χ1v) is 13.2. The number of methoxy groups -OCH3 is 2. The zero-order valence-corrected chi connectivity index (χ0v) is 22.5. The number of ether oxygens (including phenoxy) is 2. The van der Waals surface area contributed by atoms with Crippen LogP contribution in [0.3, 0.4) is 0 Å². The Kier molecular flexibility index (Phi) is 9.36. The standard InChI is InChI=1S/C29H38N4O5/c1-21-5-7-22(8-6-21)28(35)33-20-24(19-26(33)29(36)31-15-4-13-30-14-16-31)32(17-18-37-2)27(34)23-9-11-25(38-3)12-10-23/h5-12,24,26,30H,4,13-20H2,1-3H3. The van der Waals surface area contributed by atoms with E-state index in [-0.39, 0.29) is 30.3 Å². The van der Waals surface area contributed by atoms with Crippen LogP contribution in [0, 0.1) is 6.92 Å². The van der Waals surface area contributed by atoms with Crippen LogP contribution in [0.5, 0.6) is 5.75 Å². The topological polar surface area (TPSA) is 91.4 Å². The summed E-state index contributed by atoms with van der Waals surface area (Å²) in [5.41, 5.74) is 2.12. The highest BCUT2D eigenvalue weighted by Gasteiger charge is 2.44. The highest BCUT2D eigenvalue weighted by molar-refractivity contribution is 5.99. The van der Waals surface area contributed by atoms with Crippen molar-refractivity contribution in [3.05, 3.63) is 65.2 Å². The number of aryl methyl sites for hydroxylation is 1. The molecule has 9 heteroatoms. The Morgan fingerprint density at radius 2 is 1.68 bits per heavy atom. The van der Waals surface area contributed by atoms with Crippen molar-refractivity contribution < 1.29 is 23.9 Å². The van der Waals surface area contributed by atoms with Crippen molar-refractivity contribution in [3.8, 4) is 5.75 Å². The third-order valence-corrected chi connectivity index (χ3v) is 7.35. The largest absolute Gasteiger partial charge is 0.497 e. The fourth-order valence-corrected chi connectivity index (χ4v) is 5.18. The van der Waals surface area contributed by atoms with E-state index < -0.39 is 6.04 Å².